The van der Waals surface area contributed by atoms with Crippen LogP contribution in [0.1, 0.15) is 133 Å². The van der Waals surface area contributed by atoms with Crippen molar-refractivity contribution < 1.29 is 9.53 Å². The largest absolute Gasteiger partial charge is 0.462 e. The fourth-order valence-corrected chi connectivity index (χ4v) is 5.19. The fraction of sp³-hybridized carbons (Fsp3) is 0.553. The lowest BCUT2D eigenvalue weighted by atomic mass is 10.0. The third-order valence-corrected chi connectivity index (χ3v) is 8.33. The first-order valence-corrected chi connectivity index (χ1v) is 16.8. The van der Waals surface area contributed by atoms with Crippen LogP contribution in [0.5, 0.6) is 0 Å². The van der Waals surface area contributed by atoms with Crippen LogP contribution in [0.4, 0.5) is 0 Å². The molecular weight excluding hydrogens is 516 g/mol. The van der Waals surface area contributed by atoms with E-state index in [4.69, 9.17) is 4.74 Å². The van der Waals surface area contributed by atoms with Gasteiger partial charge in [0.1, 0.15) is 0 Å². The summed E-state index contributed by atoms with van der Waals surface area (Å²) in [5.41, 5.74) is 5.61. The van der Waals surface area contributed by atoms with E-state index >= 15 is 0 Å². The molecule has 0 fully saturated rings. The van der Waals surface area contributed by atoms with Crippen molar-refractivity contribution in [3.8, 4) is 22.5 Å². The number of ether oxygens (including phenoxy) is 1. The Labute approximate surface area is 255 Å². The first kappa shape index (κ1) is 33.5. The second kappa shape index (κ2) is 20.0. The van der Waals surface area contributed by atoms with Gasteiger partial charge < -0.3 is 4.74 Å². The van der Waals surface area contributed by atoms with Gasteiger partial charge in [0.2, 0.25) is 0 Å². The van der Waals surface area contributed by atoms with E-state index in [0.29, 0.717) is 18.1 Å². The van der Waals surface area contributed by atoms with E-state index in [1.165, 1.54) is 95.5 Å². The van der Waals surface area contributed by atoms with Crippen LogP contribution in [-0.2, 0) is 11.2 Å². The monoisotopic (exact) mass is 570 g/mol. The molecule has 0 amide bonds. The number of hydrogen-bond acceptors (Lipinski definition) is 4. The van der Waals surface area contributed by atoms with Crippen LogP contribution in [0, 0.1) is 5.92 Å². The summed E-state index contributed by atoms with van der Waals surface area (Å²) in [5.74, 6) is 0.0863. The van der Waals surface area contributed by atoms with Crippen molar-refractivity contribution in [1.29, 1.82) is 0 Å². The molecule has 0 saturated carbocycles. The first-order chi connectivity index (χ1) is 20.6. The van der Waals surface area contributed by atoms with E-state index in [0.717, 1.165) is 35.4 Å². The number of aryl methyl sites for hydroxylation is 1. The van der Waals surface area contributed by atoms with Crippen molar-refractivity contribution >= 4 is 5.97 Å². The number of hydrogen-bond donors (Lipinski definition) is 0. The Morgan fingerprint density at radius 2 is 1.10 bits per heavy atom. The zero-order valence-corrected chi connectivity index (χ0v) is 26.6. The molecule has 1 aromatic heterocycles. The van der Waals surface area contributed by atoms with Crippen LogP contribution >= 0.6 is 0 Å². The molecule has 4 heteroatoms. The van der Waals surface area contributed by atoms with Crippen LogP contribution < -0.4 is 0 Å². The van der Waals surface area contributed by atoms with Gasteiger partial charge in [0.25, 0.3) is 0 Å². The second-order valence-electron chi connectivity index (χ2n) is 12.0. The van der Waals surface area contributed by atoms with E-state index in [1.54, 1.807) is 18.3 Å². The first-order valence-electron chi connectivity index (χ1n) is 16.8. The third kappa shape index (κ3) is 12.5. The summed E-state index contributed by atoms with van der Waals surface area (Å²) in [6, 6.07) is 16.1. The standard InChI is InChI=1S/C38H54N2O2/c1-4-6-7-8-9-10-11-12-13-14-15-16-17-18-19-32-20-22-33(23-21-32)36-28-40-37(29-39-36)34-24-26-35(27-25-34)38(41)42-30-31(3)5-2/h20-29,31H,4-19,30H2,1-3H3. The minimum atomic E-state index is -0.281. The molecule has 0 N–H and O–H groups in total. The molecule has 0 aliphatic heterocycles. The van der Waals surface area contributed by atoms with Gasteiger partial charge in [0.15, 0.2) is 0 Å². The number of unbranched alkanes of at least 4 members (excludes halogenated alkanes) is 13. The van der Waals surface area contributed by atoms with Crippen molar-refractivity contribution in [2.24, 2.45) is 5.92 Å². The minimum absolute atomic E-state index is 0.281. The Morgan fingerprint density at radius 3 is 1.55 bits per heavy atom. The molecule has 0 saturated heterocycles. The molecule has 2 aromatic carbocycles. The quantitative estimate of drug-likeness (QED) is 0.0944. The Morgan fingerprint density at radius 1 is 0.643 bits per heavy atom. The highest BCUT2D eigenvalue weighted by Gasteiger charge is 2.10. The topological polar surface area (TPSA) is 52.1 Å². The predicted octanol–water partition coefficient (Wildman–Crippen LogP) is 11.0. The molecule has 0 aliphatic carbocycles. The number of carbonyl (C=O) groups excluding carboxylic acids is 1. The summed E-state index contributed by atoms with van der Waals surface area (Å²) in [6.45, 7) is 6.91. The maximum Gasteiger partial charge on any atom is 0.338 e. The Bertz CT molecular complexity index is 1120. The van der Waals surface area contributed by atoms with Gasteiger partial charge in [-0.25, -0.2) is 4.79 Å². The van der Waals surface area contributed by atoms with Gasteiger partial charge in [-0.05, 0) is 36.5 Å². The van der Waals surface area contributed by atoms with Gasteiger partial charge in [0, 0.05) is 11.1 Å². The predicted molar refractivity (Wildman–Crippen MR) is 177 cm³/mol. The van der Waals surface area contributed by atoms with Gasteiger partial charge in [-0.15, -0.1) is 0 Å². The van der Waals surface area contributed by atoms with Gasteiger partial charge in [0.05, 0.1) is 36.0 Å². The highest BCUT2D eigenvalue weighted by atomic mass is 16.5. The summed E-state index contributed by atoms with van der Waals surface area (Å²) in [6.07, 6.45) is 25.3. The SMILES string of the molecule is CCCCCCCCCCCCCCCCc1ccc(-c2cnc(-c3ccc(C(=O)OCC(C)CC)cc3)cn2)cc1. The van der Waals surface area contributed by atoms with Gasteiger partial charge >= 0.3 is 5.97 Å². The molecule has 0 radical (unpaired) electrons. The number of aromatic nitrogens is 2. The molecule has 42 heavy (non-hydrogen) atoms. The zero-order valence-electron chi connectivity index (χ0n) is 26.6. The van der Waals surface area contributed by atoms with Crippen LogP contribution in [0.3, 0.4) is 0 Å². The number of benzene rings is 2. The minimum Gasteiger partial charge on any atom is -0.462 e. The van der Waals surface area contributed by atoms with Crippen molar-refractivity contribution in [1.82, 2.24) is 9.97 Å². The average Bonchev–Trinajstić information content (AvgIpc) is 3.04. The molecule has 1 heterocycles. The summed E-state index contributed by atoms with van der Waals surface area (Å²) < 4.78 is 5.40. The van der Waals surface area contributed by atoms with E-state index < -0.39 is 0 Å². The third-order valence-electron chi connectivity index (χ3n) is 8.33. The molecule has 1 unspecified atom stereocenters. The maximum absolute atomic E-state index is 12.3. The lowest BCUT2D eigenvalue weighted by Gasteiger charge is -2.10. The Hall–Kier alpha value is -3.01. The number of carbonyl (C=O) groups is 1. The average molecular weight is 571 g/mol. The highest BCUT2D eigenvalue weighted by Crippen LogP contribution is 2.22. The van der Waals surface area contributed by atoms with Crippen molar-refractivity contribution in [3.63, 3.8) is 0 Å². The van der Waals surface area contributed by atoms with E-state index in [9.17, 15) is 4.79 Å². The van der Waals surface area contributed by atoms with E-state index in [1.807, 2.05) is 18.3 Å². The van der Waals surface area contributed by atoms with E-state index in [-0.39, 0.29) is 5.97 Å². The second-order valence-corrected chi connectivity index (χ2v) is 12.0. The summed E-state index contributed by atoms with van der Waals surface area (Å²) in [5, 5.41) is 0. The van der Waals surface area contributed by atoms with Crippen molar-refractivity contribution in [2.75, 3.05) is 6.61 Å². The smallest absolute Gasteiger partial charge is 0.338 e. The lowest BCUT2D eigenvalue weighted by molar-refractivity contribution is 0.0447. The molecule has 3 aromatic rings. The molecule has 0 spiro atoms. The molecule has 4 nitrogen and oxygen atoms in total. The molecule has 1 atom stereocenters. The number of nitrogens with zero attached hydrogens (tertiary/aromatic N) is 2. The van der Waals surface area contributed by atoms with Crippen LogP contribution in [-0.4, -0.2) is 22.5 Å². The Kier molecular flexibility index (Phi) is 15.9. The molecule has 0 aliphatic rings. The van der Waals surface area contributed by atoms with Crippen LogP contribution in [0.25, 0.3) is 22.5 Å². The summed E-state index contributed by atoms with van der Waals surface area (Å²) >= 11 is 0. The molecule has 0 bridgehead atoms. The van der Waals surface area contributed by atoms with Gasteiger partial charge in [-0.1, -0.05) is 147 Å². The normalized spacial score (nSPS) is 11.9. The summed E-state index contributed by atoms with van der Waals surface area (Å²) in [4.78, 5) is 21.6. The van der Waals surface area contributed by atoms with Crippen molar-refractivity contribution in [2.45, 2.75) is 124 Å². The van der Waals surface area contributed by atoms with Gasteiger partial charge in [-0.2, -0.15) is 0 Å². The number of esters is 1. The molecular formula is C38H54N2O2. The number of rotatable bonds is 21. The molecule has 3 rings (SSSR count). The Balaban J connectivity index is 1.31. The lowest BCUT2D eigenvalue weighted by Crippen LogP contribution is -2.11. The highest BCUT2D eigenvalue weighted by molar-refractivity contribution is 5.90. The van der Waals surface area contributed by atoms with E-state index in [2.05, 4.69) is 55.0 Å². The summed E-state index contributed by atoms with van der Waals surface area (Å²) in [7, 11) is 0. The maximum atomic E-state index is 12.3. The molecule has 228 valence electrons. The van der Waals surface area contributed by atoms with Crippen LogP contribution in [0.15, 0.2) is 60.9 Å². The fourth-order valence-electron chi connectivity index (χ4n) is 5.19. The van der Waals surface area contributed by atoms with Crippen molar-refractivity contribution in [3.05, 3.63) is 72.1 Å². The van der Waals surface area contributed by atoms with Gasteiger partial charge in [-0.3, -0.25) is 9.97 Å². The zero-order chi connectivity index (χ0) is 29.8. The van der Waals surface area contributed by atoms with Crippen LogP contribution in [0.2, 0.25) is 0 Å².